The number of hydrogen-bond donors (Lipinski definition) is 1. The van der Waals surface area contributed by atoms with Crippen molar-refractivity contribution < 1.29 is 4.39 Å². The number of hydrogen-bond acceptors (Lipinski definition) is 2. The third kappa shape index (κ3) is 3.58. The Morgan fingerprint density at radius 1 is 1.25 bits per heavy atom. The Morgan fingerprint density at radius 2 is 1.90 bits per heavy atom. The number of nitrogens with zero attached hydrogens (tertiary/aromatic N) is 1. The highest BCUT2D eigenvalue weighted by atomic mass is 19.1. The first-order chi connectivity index (χ1) is 9.63. The maximum Gasteiger partial charge on any atom is 0.123 e. The second kappa shape index (κ2) is 7.19. The SMILES string of the molecule is Cc1ccc(F)cc1C(CN)N(C)C1CCCCCC1. The molecule has 2 nitrogen and oxygen atoms in total. The van der Waals surface area contributed by atoms with Crippen molar-refractivity contribution in [3.63, 3.8) is 0 Å². The summed E-state index contributed by atoms with van der Waals surface area (Å²) in [6, 6.07) is 5.73. The van der Waals surface area contributed by atoms with Crippen molar-refractivity contribution in [2.75, 3.05) is 13.6 Å². The highest BCUT2D eigenvalue weighted by Crippen LogP contribution is 2.29. The van der Waals surface area contributed by atoms with E-state index in [4.69, 9.17) is 5.73 Å². The minimum absolute atomic E-state index is 0.119. The minimum atomic E-state index is -0.168. The lowest BCUT2D eigenvalue weighted by Crippen LogP contribution is -2.38. The van der Waals surface area contributed by atoms with Gasteiger partial charge >= 0.3 is 0 Å². The quantitative estimate of drug-likeness (QED) is 0.849. The summed E-state index contributed by atoms with van der Waals surface area (Å²) in [6.45, 7) is 2.58. The molecule has 0 heterocycles. The zero-order chi connectivity index (χ0) is 14.5. The van der Waals surface area contributed by atoms with Crippen molar-refractivity contribution in [1.29, 1.82) is 0 Å². The topological polar surface area (TPSA) is 29.3 Å². The van der Waals surface area contributed by atoms with Crippen LogP contribution in [0.2, 0.25) is 0 Å². The van der Waals surface area contributed by atoms with E-state index < -0.39 is 0 Å². The predicted octanol–water partition coefficient (Wildman–Crippen LogP) is 3.79. The molecule has 1 atom stereocenters. The van der Waals surface area contributed by atoms with Gasteiger partial charge in [0.2, 0.25) is 0 Å². The first-order valence-electron chi connectivity index (χ1n) is 7.81. The summed E-state index contributed by atoms with van der Waals surface area (Å²) < 4.78 is 13.6. The molecule has 20 heavy (non-hydrogen) atoms. The van der Waals surface area contributed by atoms with Crippen LogP contribution in [0.25, 0.3) is 0 Å². The molecule has 0 spiro atoms. The highest BCUT2D eigenvalue weighted by molar-refractivity contribution is 5.30. The summed E-state index contributed by atoms with van der Waals surface area (Å²) in [7, 11) is 2.15. The Morgan fingerprint density at radius 3 is 2.50 bits per heavy atom. The van der Waals surface area contributed by atoms with Gasteiger partial charge in [-0.3, -0.25) is 4.90 Å². The van der Waals surface area contributed by atoms with Crippen LogP contribution >= 0.6 is 0 Å². The van der Waals surface area contributed by atoms with E-state index in [0.717, 1.165) is 11.1 Å². The van der Waals surface area contributed by atoms with Crippen LogP contribution in [0.1, 0.15) is 55.7 Å². The van der Waals surface area contributed by atoms with E-state index >= 15 is 0 Å². The van der Waals surface area contributed by atoms with Crippen LogP contribution in [0.15, 0.2) is 18.2 Å². The van der Waals surface area contributed by atoms with E-state index in [9.17, 15) is 4.39 Å². The van der Waals surface area contributed by atoms with E-state index in [1.165, 1.54) is 44.6 Å². The molecular weight excluding hydrogens is 251 g/mol. The molecule has 1 aromatic carbocycles. The van der Waals surface area contributed by atoms with Crippen LogP contribution in [0.4, 0.5) is 4.39 Å². The maximum atomic E-state index is 13.6. The monoisotopic (exact) mass is 278 g/mol. The van der Waals surface area contributed by atoms with Crippen molar-refractivity contribution >= 4 is 0 Å². The number of halogens is 1. The minimum Gasteiger partial charge on any atom is -0.329 e. The first-order valence-corrected chi connectivity index (χ1v) is 7.81. The molecule has 0 bridgehead atoms. The van der Waals surface area contributed by atoms with Gasteiger partial charge in [-0.25, -0.2) is 4.39 Å². The summed E-state index contributed by atoms with van der Waals surface area (Å²) >= 11 is 0. The smallest absolute Gasteiger partial charge is 0.123 e. The number of benzene rings is 1. The molecule has 0 radical (unpaired) electrons. The second-order valence-corrected chi connectivity index (χ2v) is 6.06. The molecule has 0 amide bonds. The molecule has 1 fully saturated rings. The Hall–Kier alpha value is -0.930. The molecule has 2 rings (SSSR count). The van der Waals surface area contributed by atoms with Crippen LogP contribution in [0.5, 0.6) is 0 Å². The molecule has 3 heteroatoms. The second-order valence-electron chi connectivity index (χ2n) is 6.06. The average Bonchev–Trinajstić information content (AvgIpc) is 2.72. The van der Waals surface area contributed by atoms with Gasteiger partial charge in [-0.2, -0.15) is 0 Å². The van der Waals surface area contributed by atoms with Gasteiger partial charge in [0.1, 0.15) is 5.82 Å². The van der Waals surface area contributed by atoms with Crippen LogP contribution in [0.3, 0.4) is 0 Å². The molecule has 0 aliphatic heterocycles. The van der Waals surface area contributed by atoms with Gasteiger partial charge < -0.3 is 5.73 Å². The van der Waals surface area contributed by atoms with Crippen LogP contribution in [0, 0.1) is 12.7 Å². The Kier molecular flexibility index (Phi) is 5.55. The van der Waals surface area contributed by atoms with E-state index in [1.807, 2.05) is 13.0 Å². The molecule has 1 saturated carbocycles. The number of nitrogens with two attached hydrogens (primary N) is 1. The zero-order valence-electron chi connectivity index (χ0n) is 12.7. The molecule has 112 valence electrons. The molecule has 0 aromatic heterocycles. The maximum absolute atomic E-state index is 13.6. The predicted molar refractivity (Wildman–Crippen MR) is 82.2 cm³/mol. The third-order valence-corrected chi connectivity index (χ3v) is 4.72. The van der Waals surface area contributed by atoms with Crippen LogP contribution in [-0.4, -0.2) is 24.5 Å². The van der Waals surface area contributed by atoms with Crippen LogP contribution in [-0.2, 0) is 0 Å². The van der Waals surface area contributed by atoms with Crippen molar-refractivity contribution in [1.82, 2.24) is 4.90 Å². The van der Waals surface area contributed by atoms with Gasteiger partial charge in [0, 0.05) is 18.6 Å². The molecule has 1 unspecified atom stereocenters. The van der Waals surface area contributed by atoms with E-state index in [1.54, 1.807) is 6.07 Å². The van der Waals surface area contributed by atoms with E-state index in [0.29, 0.717) is 12.6 Å². The lowest BCUT2D eigenvalue weighted by atomic mass is 9.97. The van der Waals surface area contributed by atoms with Crippen molar-refractivity contribution in [2.24, 2.45) is 5.73 Å². The molecule has 1 aliphatic rings. The largest absolute Gasteiger partial charge is 0.329 e. The zero-order valence-corrected chi connectivity index (χ0v) is 12.7. The lowest BCUT2D eigenvalue weighted by Gasteiger charge is -2.35. The first kappa shape index (κ1) is 15.5. The van der Waals surface area contributed by atoms with Crippen molar-refractivity contribution in [2.45, 2.75) is 57.5 Å². The third-order valence-electron chi connectivity index (χ3n) is 4.72. The van der Waals surface area contributed by atoms with Gasteiger partial charge in [0.15, 0.2) is 0 Å². The van der Waals surface area contributed by atoms with E-state index in [-0.39, 0.29) is 11.9 Å². The number of rotatable bonds is 4. The van der Waals surface area contributed by atoms with Gasteiger partial charge in [-0.05, 0) is 50.1 Å². The normalized spacial score (nSPS) is 19.1. The molecule has 1 aliphatic carbocycles. The summed E-state index contributed by atoms with van der Waals surface area (Å²) in [4.78, 5) is 2.38. The van der Waals surface area contributed by atoms with Gasteiger partial charge in [-0.15, -0.1) is 0 Å². The fraction of sp³-hybridized carbons (Fsp3) is 0.647. The van der Waals surface area contributed by atoms with Crippen LogP contribution < -0.4 is 5.73 Å². The summed E-state index contributed by atoms with van der Waals surface area (Å²) in [5.41, 5.74) is 8.17. The van der Waals surface area contributed by atoms with Gasteiger partial charge in [0.05, 0.1) is 0 Å². The molecule has 1 aromatic rings. The highest BCUT2D eigenvalue weighted by Gasteiger charge is 2.25. The fourth-order valence-corrected chi connectivity index (χ4v) is 3.40. The summed E-state index contributed by atoms with van der Waals surface area (Å²) in [5.74, 6) is -0.168. The average molecular weight is 278 g/mol. The van der Waals surface area contributed by atoms with E-state index in [2.05, 4.69) is 11.9 Å². The Bertz CT molecular complexity index is 425. The summed E-state index contributed by atoms with van der Waals surface area (Å²) in [6.07, 6.45) is 7.76. The standard InChI is InChI=1S/C17H27FN2/c1-13-9-10-14(18)11-16(13)17(12-19)20(2)15-7-5-3-4-6-8-15/h9-11,15,17H,3-8,12,19H2,1-2H3. The number of likely N-dealkylation sites (N-methyl/N-ethyl adjacent to an activating group) is 1. The van der Waals surface area contributed by atoms with Gasteiger partial charge in [0.25, 0.3) is 0 Å². The Labute approximate surface area is 122 Å². The number of aryl methyl sites for hydroxylation is 1. The Balaban J connectivity index is 2.19. The van der Waals surface area contributed by atoms with Gasteiger partial charge in [-0.1, -0.05) is 31.7 Å². The van der Waals surface area contributed by atoms with Crippen molar-refractivity contribution in [3.8, 4) is 0 Å². The molecule has 2 N–H and O–H groups in total. The summed E-state index contributed by atoms with van der Waals surface area (Å²) in [5, 5.41) is 0. The fourth-order valence-electron chi connectivity index (χ4n) is 3.40. The molecule has 0 saturated heterocycles. The van der Waals surface area contributed by atoms with Crippen molar-refractivity contribution in [3.05, 3.63) is 35.1 Å². The molecular formula is C17H27FN2. The lowest BCUT2D eigenvalue weighted by molar-refractivity contribution is 0.160.